The standard InChI is InChI=1S/C29H37Cl2NO5/c1-4-5-6-7-8-9-10-11-12-13-18-37-29(35)23-19-24(32-20(2)33)27(31)25(26(23)30)28(34)21-14-16-22(36-3)17-15-21/h14-17,19H,4-13,18H2,1-3H3,(H,32,33). The number of unbranched alkanes of at least 4 members (excludes halogenated alkanes) is 9. The fraction of sp³-hybridized carbons (Fsp3) is 0.483. The van der Waals surface area contributed by atoms with E-state index >= 15 is 0 Å². The van der Waals surface area contributed by atoms with E-state index in [0.29, 0.717) is 11.3 Å². The first-order valence-corrected chi connectivity index (χ1v) is 13.7. The van der Waals surface area contributed by atoms with Crippen molar-refractivity contribution in [2.24, 2.45) is 0 Å². The third kappa shape index (κ3) is 9.67. The number of carbonyl (C=O) groups is 3. The second-order valence-electron chi connectivity index (χ2n) is 9.03. The number of methoxy groups -OCH3 is 1. The molecule has 0 unspecified atom stereocenters. The Morgan fingerprint density at radius 3 is 1.95 bits per heavy atom. The van der Waals surface area contributed by atoms with E-state index in [1.165, 1.54) is 65.0 Å². The summed E-state index contributed by atoms with van der Waals surface area (Å²) in [6, 6.07) is 7.75. The normalized spacial score (nSPS) is 10.7. The summed E-state index contributed by atoms with van der Waals surface area (Å²) in [6.45, 7) is 3.77. The van der Waals surface area contributed by atoms with Gasteiger partial charge >= 0.3 is 5.97 Å². The number of halogens is 2. The number of benzene rings is 2. The number of rotatable bonds is 16. The maximum atomic E-state index is 13.3. The smallest absolute Gasteiger partial charge is 0.339 e. The maximum absolute atomic E-state index is 13.3. The van der Waals surface area contributed by atoms with E-state index in [0.717, 1.165) is 19.3 Å². The van der Waals surface area contributed by atoms with Crippen LogP contribution in [0.15, 0.2) is 30.3 Å². The van der Waals surface area contributed by atoms with Gasteiger partial charge in [0.2, 0.25) is 5.91 Å². The Bertz CT molecular complexity index is 1050. The quantitative estimate of drug-likeness (QED) is 0.129. The van der Waals surface area contributed by atoms with Gasteiger partial charge in [-0.2, -0.15) is 0 Å². The van der Waals surface area contributed by atoms with Gasteiger partial charge in [0.05, 0.1) is 40.6 Å². The van der Waals surface area contributed by atoms with Crippen molar-refractivity contribution in [1.82, 2.24) is 0 Å². The van der Waals surface area contributed by atoms with Crippen LogP contribution in [0, 0.1) is 0 Å². The van der Waals surface area contributed by atoms with Crippen LogP contribution in [0.1, 0.15) is 104 Å². The van der Waals surface area contributed by atoms with Crippen molar-refractivity contribution < 1.29 is 23.9 Å². The third-order valence-electron chi connectivity index (χ3n) is 6.04. The third-order valence-corrected chi connectivity index (χ3v) is 6.83. The Balaban J connectivity index is 2.05. The molecule has 0 saturated carbocycles. The van der Waals surface area contributed by atoms with Crippen LogP contribution in [0.3, 0.4) is 0 Å². The number of amides is 1. The highest BCUT2D eigenvalue weighted by Crippen LogP contribution is 2.37. The van der Waals surface area contributed by atoms with Crippen molar-refractivity contribution in [2.75, 3.05) is 19.0 Å². The first-order valence-electron chi connectivity index (χ1n) is 13.0. The van der Waals surface area contributed by atoms with Gasteiger partial charge in [0, 0.05) is 12.5 Å². The summed E-state index contributed by atoms with van der Waals surface area (Å²) in [4.78, 5) is 37.9. The highest BCUT2D eigenvalue weighted by Gasteiger charge is 2.26. The number of esters is 1. The summed E-state index contributed by atoms with van der Waals surface area (Å²) >= 11 is 13.0. The average Bonchev–Trinajstić information content (AvgIpc) is 2.88. The fourth-order valence-corrected chi connectivity index (χ4v) is 4.63. The first kappa shape index (κ1) is 30.7. The van der Waals surface area contributed by atoms with E-state index in [2.05, 4.69) is 12.2 Å². The molecule has 8 heteroatoms. The van der Waals surface area contributed by atoms with E-state index in [1.807, 2.05) is 0 Å². The van der Waals surface area contributed by atoms with Crippen molar-refractivity contribution in [3.8, 4) is 5.75 Å². The molecule has 37 heavy (non-hydrogen) atoms. The molecule has 0 atom stereocenters. The highest BCUT2D eigenvalue weighted by atomic mass is 35.5. The molecular formula is C29H37Cl2NO5. The summed E-state index contributed by atoms with van der Waals surface area (Å²) in [5.41, 5.74) is 0.306. The summed E-state index contributed by atoms with van der Waals surface area (Å²) in [5, 5.41) is 2.40. The zero-order valence-electron chi connectivity index (χ0n) is 22.0. The van der Waals surface area contributed by atoms with Gasteiger partial charge in [-0.1, -0.05) is 87.9 Å². The zero-order valence-corrected chi connectivity index (χ0v) is 23.5. The maximum Gasteiger partial charge on any atom is 0.339 e. The Hall–Kier alpha value is -2.57. The summed E-state index contributed by atoms with van der Waals surface area (Å²) < 4.78 is 10.6. The molecule has 6 nitrogen and oxygen atoms in total. The van der Waals surface area contributed by atoms with Gasteiger partial charge in [0.25, 0.3) is 0 Å². The molecule has 0 fully saturated rings. The van der Waals surface area contributed by atoms with Crippen LogP contribution in [-0.2, 0) is 9.53 Å². The van der Waals surface area contributed by atoms with Gasteiger partial charge in [-0.15, -0.1) is 0 Å². The molecule has 2 aromatic carbocycles. The van der Waals surface area contributed by atoms with Gasteiger partial charge in [-0.05, 0) is 36.8 Å². The van der Waals surface area contributed by atoms with E-state index in [1.54, 1.807) is 24.3 Å². The highest BCUT2D eigenvalue weighted by molar-refractivity contribution is 6.44. The monoisotopic (exact) mass is 549 g/mol. The van der Waals surface area contributed by atoms with Gasteiger partial charge in [-0.3, -0.25) is 9.59 Å². The molecule has 202 valence electrons. The van der Waals surface area contributed by atoms with Crippen LogP contribution in [-0.4, -0.2) is 31.4 Å². The molecule has 0 spiro atoms. The number of carbonyl (C=O) groups excluding carboxylic acids is 3. The summed E-state index contributed by atoms with van der Waals surface area (Å²) in [5.74, 6) is -0.990. The summed E-state index contributed by atoms with van der Waals surface area (Å²) in [6.07, 6.45) is 11.7. The second-order valence-corrected chi connectivity index (χ2v) is 9.79. The molecule has 0 aliphatic heterocycles. The van der Waals surface area contributed by atoms with Crippen LogP contribution in [0.5, 0.6) is 5.75 Å². The van der Waals surface area contributed by atoms with Gasteiger partial charge in [0.15, 0.2) is 5.78 Å². The fourth-order valence-electron chi connectivity index (χ4n) is 3.98. The van der Waals surface area contributed by atoms with Gasteiger partial charge in [0.1, 0.15) is 5.75 Å². The minimum atomic E-state index is -0.673. The van der Waals surface area contributed by atoms with Crippen molar-refractivity contribution >= 4 is 46.5 Å². The molecule has 1 amide bonds. The predicted molar refractivity (Wildman–Crippen MR) is 149 cm³/mol. The minimum Gasteiger partial charge on any atom is -0.497 e. The lowest BCUT2D eigenvalue weighted by atomic mass is 9.99. The lowest BCUT2D eigenvalue weighted by molar-refractivity contribution is -0.114. The molecule has 0 aliphatic rings. The van der Waals surface area contributed by atoms with Crippen LogP contribution in [0.25, 0.3) is 0 Å². The zero-order chi connectivity index (χ0) is 27.2. The molecule has 0 aromatic heterocycles. The summed E-state index contributed by atoms with van der Waals surface area (Å²) in [7, 11) is 1.52. The lowest BCUT2D eigenvalue weighted by Crippen LogP contribution is -2.14. The predicted octanol–water partition coefficient (Wildman–Crippen LogP) is 8.27. The van der Waals surface area contributed by atoms with Crippen molar-refractivity contribution in [1.29, 1.82) is 0 Å². The Kier molecular flexibility index (Phi) is 13.5. The molecule has 1 N–H and O–H groups in total. The van der Waals surface area contributed by atoms with Crippen LogP contribution >= 0.6 is 23.2 Å². The lowest BCUT2D eigenvalue weighted by Gasteiger charge is -2.15. The Morgan fingerprint density at radius 2 is 1.41 bits per heavy atom. The SMILES string of the molecule is CCCCCCCCCCCCOC(=O)c1cc(NC(C)=O)c(Cl)c(C(=O)c2ccc(OC)cc2)c1Cl. The molecule has 2 aromatic rings. The number of hydrogen-bond donors (Lipinski definition) is 1. The first-order chi connectivity index (χ1) is 17.8. The molecular weight excluding hydrogens is 513 g/mol. The number of ether oxygens (including phenoxy) is 2. The Morgan fingerprint density at radius 1 is 0.838 bits per heavy atom. The van der Waals surface area contributed by atoms with Crippen LogP contribution in [0.4, 0.5) is 5.69 Å². The number of ketones is 1. The Labute approximate surface area is 230 Å². The molecule has 0 radical (unpaired) electrons. The molecule has 0 bridgehead atoms. The van der Waals surface area contributed by atoms with Crippen molar-refractivity contribution in [3.63, 3.8) is 0 Å². The second kappa shape index (κ2) is 16.3. The van der Waals surface area contributed by atoms with Gasteiger partial charge in [-0.25, -0.2) is 4.79 Å². The van der Waals surface area contributed by atoms with E-state index in [9.17, 15) is 14.4 Å². The van der Waals surface area contributed by atoms with E-state index < -0.39 is 17.7 Å². The van der Waals surface area contributed by atoms with Gasteiger partial charge < -0.3 is 14.8 Å². The molecule has 2 rings (SSSR count). The molecule has 0 saturated heterocycles. The number of anilines is 1. The number of hydrogen-bond acceptors (Lipinski definition) is 5. The van der Waals surface area contributed by atoms with Crippen LogP contribution < -0.4 is 10.1 Å². The average molecular weight is 551 g/mol. The topological polar surface area (TPSA) is 81.7 Å². The van der Waals surface area contributed by atoms with Crippen molar-refractivity contribution in [3.05, 3.63) is 57.1 Å². The molecule has 0 heterocycles. The van der Waals surface area contributed by atoms with Crippen molar-refractivity contribution in [2.45, 2.75) is 78.1 Å². The van der Waals surface area contributed by atoms with Crippen LogP contribution in [0.2, 0.25) is 10.0 Å². The molecule has 0 aliphatic carbocycles. The number of nitrogens with one attached hydrogen (secondary N) is 1. The van der Waals surface area contributed by atoms with E-state index in [-0.39, 0.29) is 33.5 Å². The minimum absolute atomic E-state index is 0.0289. The largest absolute Gasteiger partial charge is 0.497 e. The van der Waals surface area contributed by atoms with E-state index in [4.69, 9.17) is 32.7 Å².